The van der Waals surface area contributed by atoms with Crippen LogP contribution in [0.25, 0.3) is 0 Å². The van der Waals surface area contributed by atoms with Crippen LogP contribution in [0.1, 0.15) is 36.3 Å². The van der Waals surface area contributed by atoms with Crippen molar-refractivity contribution >= 4 is 5.82 Å². The van der Waals surface area contributed by atoms with Gasteiger partial charge in [-0.3, -0.25) is 4.90 Å². The van der Waals surface area contributed by atoms with E-state index in [9.17, 15) is 0 Å². The molecule has 5 nitrogen and oxygen atoms in total. The van der Waals surface area contributed by atoms with Gasteiger partial charge in [0.2, 0.25) is 0 Å². The molecule has 0 aliphatic carbocycles. The van der Waals surface area contributed by atoms with E-state index in [1.165, 1.54) is 11.1 Å². The summed E-state index contributed by atoms with van der Waals surface area (Å²) in [5, 5.41) is 0. The summed E-state index contributed by atoms with van der Waals surface area (Å²) in [5.74, 6) is 4.27. The molecule has 2 saturated heterocycles. The predicted molar refractivity (Wildman–Crippen MR) is 108 cm³/mol. The number of hydrogen-bond donors (Lipinski definition) is 0. The number of aromatic nitrogens is 2. The van der Waals surface area contributed by atoms with E-state index >= 15 is 0 Å². The van der Waals surface area contributed by atoms with Gasteiger partial charge in [-0.05, 0) is 44.0 Å². The average Bonchev–Trinajstić information content (AvgIpc) is 3.20. The molecule has 0 saturated carbocycles. The molecule has 0 radical (unpaired) electrons. The number of aryl methyl sites for hydroxylation is 2. The van der Waals surface area contributed by atoms with Gasteiger partial charge < -0.3 is 9.64 Å². The molecule has 2 aliphatic heterocycles. The lowest BCUT2D eigenvalue weighted by molar-refractivity contribution is 0.279. The van der Waals surface area contributed by atoms with Crippen molar-refractivity contribution in [3.8, 4) is 5.75 Å². The highest BCUT2D eigenvalue weighted by Crippen LogP contribution is 2.45. The van der Waals surface area contributed by atoms with Gasteiger partial charge in [0.15, 0.2) is 0 Å². The molecule has 0 N–H and O–H groups in total. The summed E-state index contributed by atoms with van der Waals surface area (Å²) < 4.78 is 5.33. The minimum Gasteiger partial charge on any atom is -0.497 e. The molecule has 0 spiro atoms. The first-order chi connectivity index (χ1) is 13.1. The smallest absolute Gasteiger partial charge is 0.135 e. The third kappa shape index (κ3) is 3.41. The number of benzene rings is 1. The molecule has 2 aromatic rings. The van der Waals surface area contributed by atoms with Crippen molar-refractivity contribution in [2.24, 2.45) is 11.8 Å². The SMILES string of the molecule is CCCc1cnc(C)nc1N1C[C@@H]2CN(C)[C@@H](c3ccc(OC)cc3)[C@@H]2C1. The predicted octanol–water partition coefficient (Wildman–Crippen LogP) is 3.49. The molecular formula is C22H30N4O. The monoisotopic (exact) mass is 366 g/mol. The van der Waals surface area contributed by atoms with Crippen LogP contribution in [0.15, 0.2) is 30.5 Å². The Morgan fingerprint density at radius 3 is 2.63 bits per heavy atom. The summed E-state index contributed by atoms with van der Waals surface area (Å²) in [6.45, 7) is 7.51. The van der Waals surface area contributed by atoms with Crippen LogP contribution in [0.5, 0.6) is 5.75 Å². The number of fused-ring (bicyclic) bond motifs is 1. The second-order valence-corrected chi connectivity index (χ2v) is 8.00. The molecule has 3 atom stereocenters. The maximum Gasteiger partial charge on any atom is 0.135 e. The average molecular weight is 367 g/mol. The number of methoxy groups -OCH3 is 1. The lowest BCUT2D eigenvalue weighted by atomic mass is 9.89. The Labute approximate surface area is 162 Å². The fourth-order valence-electron chi connectivity index (χ4n) is 4.94. The normalized spacial score (nSPS) is 25.0. The number of ether oxygens (including phenoxy) is 1. The van der Waals surface area contributed by atoms with Crippen LogP contribution in [0.4, 0.5) is 5.82 Å². The molecule has 1 aromatic heterocycles. The number of rotatable bonds is 5. The topological polar surface area (TPSA) is 41.5 Å². The van der Waals surface area contributed by atoms with Gasteiger partial charge in [-0.25, -0.2) is 9.97 Å². The summed E-state index contributed by atoms with van der Waals surface area (Å²) in [4.78, 5) is 14.3. The van der Waals surface area contributed by atoms with Gasteiger partial charge in [0.1, 0.15) is 17.4 Å². The van der Waals surface area contributed by atoms with E-state index in [1.54, 1.807) is 7.11 Å². The molecule has 3 heterocycles. The molecule has 0 bridgehead atoms. The summed E-state index contributed by atoms with van der Waals surface area (Å²) in [5.41, 5.74) is 2.68. The lowest BCUT2D eigenvalue weighted by Gasteiger charge is -2.28. The van der Waals surface area contributed by atoms with Crippen LogP contribution in [0, 0.1) is 18.8 Å². The largest absolute Gasteiger partial charge is 0.497 e. The van der Waals surface area contributed by atoms with E-state index in [2.05, 4.69) is 53.0 Å². The molecule has 0 amide bonds. The van der Waals surface area contributed by atoms with Crippen molar-refractivity contribution in [2.75, 3.05) is 38.7 Å². The molecule has 27 heavy (non-hydrogen) atoms. The molecule has 1 aromatic carbocycles. The molecule has 4 rings (SSSR count). The zero-order chi connectivity index (χ0) is 19.0. The molecular weight excluding hydrogens is 336 g/mol. The number of nitrogens with zero attached hydrogens (tertiary/aromatic N) is 4. The van der Waals surface area contributed by atoms with Crippen LogP contribution >= 0.6 is 0 Å². The quantitative estimate of drug-likeness (QED) is 0.810. The van der Waals surface area contributed by atoms with Gasteiger partial charge in [-0.1, -0.05) is 25.5 Å². The first-order valence-corrected chi connectivity index (χ1v) is 10.0. The summed E-state index contributed by atoms with van der Waals surface area (Å²) in [6, 6.07) is 9.07. The van der Waals surface area contributed by atoms with Crippen molar-refractivity contribution in [1.82, 2.24) is 14.9 Å². The second kappa shape index (κ2) is 7.47. The van der Waals surface area contributed by atoms with Gasteiger partial charge >= 0.3 is 0 Å². The fraction of sp³-hybridized carbons (Fsp3) is 0.545. The number of likely N-dealkylation sites (tertiary alicyclic amines) is 1. The van der Waals surface area contributed by atoms with E-state index in [-0.39, 0.29) is 0 Å². The Kier molecular flexibility index (Phi) is 5.04. The standard InChI is InChI=1S/C22H30N4O/c1-5-6-17-11-23-15(2)24-22(17)26-13-18-12-25(3)21(20(18)14-26)16-7-9-19(27-4)10-8-16/h7-11,18,20-21H,5-6,12-14H2,1-4H3/t18-,20+,21-/m0/s1. The Balaban J connectivity index is 1.58. The highest BCUT2D eigenvalue weighted by molar-refractivity contribution is 5.48. The van der Waals surface area contributed by atoms with E-state index in [0.717, 1.165) is 49.9 Å². The highest BCUT2D eigenvalue weighted by Gasteiger charge is 2.46. The minimum atomic E-state index is 0.462. The second-order valence-electron chi connectivity index (χ2n) is 8.00. The molecule has 144 valence electrons. The van der Waals surface area contributed by atoms with Crippen LogP contribution in [0.2, 0.25) is 0 Å². The zero-order valence-corrected chi connectivity index (χ0v) is 16.9. The number of anilines is 1. The molecule has 0 unspecified atom stereocenters. The van der Waals surface area contributed by atoms with Gasteiger partial charge in [0.05, 0.1) is 7.11 Å². The van der Waals surface area contributed by atoms with Gasteiger partial charge in [0, 0.05) is 43.4 Å². The molecule has 5 heteroatoms. The third-order valence-electron chi connectivity index (χ3n) is 6.13. The minimum absolute atomic E-state index is 0.462. The van der Waals surface area contributed by atoms with Crippen LogP contribution < -0.4 is 9.64 Å². The molecule has 2 aliphatic rings. The highest BCUT2D eigenvalue weighted by atomic mass is 16.5. The van der Waals surface area contributed by atoms with Crippen LogP contribution in [-0.2, 0) is 6.42 Å². The van der Waals surface area contributed by atoms with Gasteiger partial charge in [0.25, 0.3) is 0 Å². The van der Waals surface area contributed by atoms with Crippen molar-refractivity contribution in [3.05, 3.63) is 47.4 Å². The van der Waals surface area contributed by atoms with E-state index < -0.39 is 0 Å². The zero-order valence-electron chi connectivity index (χ0n) is 16.9. The maximum absolute atomic E-state index is 5.33. The van der Waals surface area contributed by atoms with E-state index in [4.69, 9.17) is 9.72 Å². The van der Waals surface area contributed by atoms with E-state index in [1.807, 2.05) is 13.1 Å². The van der Waals surface area contributed by atoms with Gasteiger partial charge in [-0.15, -0.1) is 0 Å². The summed E-state index contributed by atoms with van der Waals surface area (Å²) in [6.07, 6.45) is 4.20. The van der Waals surface area contributed by atoms with Crippen molar-refractivity contribution < 1.29 is 4.74 Å². The first-order valence-electron chi connectivity index (χ1n) is 10.0. The maximum atomic E-state index is 5.33. The summed E-state index contributed by atoms with van der Waals surface area (Å²) >= 11 is 0. The Bertz CT molecular complexity index is 791. The number of hydrogen-bond acceptors (Lipinski definition) is 5. The Morgan fingerprint density at radius 2 is 1.93 bits per heavy atom. The first kappa shape index (κ1) is 18.2. The lowest BCUT2D eigenvalue weighted by Crippen LogP contribution is -2.30. The van der Waals surface area contributed by atoms with Crippen molar-refractivity contribution in [3.63, 3.8) is 0 Å². The van der Waals surface area contributed by atoms with E-state index in [0.29, 0.717) is 17.9 Å². The summed E-state index contributed by atoms with van der Waals surface area (Å²) in [7, 11) is 3.98. The van der Waals surface area contributed by atoms with Gasteiger partial charge in [-0.2, -0.15) is 0 Å². The van der Waals surface area contributed by atoms with Crippen molar-refractivity contribution in [1.29, 1.82) is 0 Å². The van der Waals surface area contributed by atoms with Crippen molar-refractivity contribution in [2.45, 2.75) is 32.7 Å². The Morgan fingerprint density at radius 1 is 1.15 bits per heavy atom. The molecule has 2 fully saturated rings. The Hall–Kier alpha value is -2.14. The fourth-order valence-corrected chi connectivity index (χ4v) is 4.94. The van der Waals surface area contributed by atoms with Crippen LogP contribution in [-0.4, -0.2) is 48.7 Å². The third-order valence-corrected chi connectivity index (χ3v) is 6.13. The van der Waals surface area contributed by atoms with Crippen LogP contribution in [0.3, 0.4) is 0 Å².